The van der Waals surface area contributed by atoms with Crippen molar-refractivity contribution < 1.29 is 19.2 Å². The van der Waals surface area contributed by atoms with E-state index in [1.54, 1.807) is 12.1 Å². The molecule has 158 valence electrons. The second kappa shape index (κ2) is 10.3. The number of nitrogens with zero attached hydrogens (tertiary/aromatic N) is 1. The van der Waals surface area contributed by atoms with Gasteiger partial charge in [0.15, 0.2) is 0 Å². The molecule has 2 aromatic rings. The Hall–Kier alpha value is -2.74. The molecule has 1 atom stereocenters. The summed E-state index contributed by atoms with van der Waals surface area (Å²) in [6, 6.07) is 12.4. The number of benzene rings is 2. The van der Waals surface area contributed by atoms with Crippen LogP contribution in [0.3, 0.4) is 0 Å². The number of aldehydes is 1. The first-order valence-electron chi connectivity index (χ1n) is 9.70. The van der Waals surface area contributed by atoms with Crippen LogP contribution in [0.1, 0.15) is 35.1 Å². The summed E-state index contributed by atoms with van der Waals surface area (Å²) in [4.78, 5) is 40.3. The van der Waals surface area contributed by atoms with Crippen molar-refractivity contribution in [1.82, 2.24) is 10.4 Å². The van der Waals surface area contributed by atoms with Crippen LogP contribution in [0.4, 0.5) is 0 Å². The molecule has 1 aliphatic rings. The second-order valence-electron chi connectivity index (χ2n) is 7.19. The van der Waals surface area contributed by atoms with Crippen LogP contribution < -0.4 is 11.1 Å². The molecule has 7 nitrogen and oxygen atoms in total. The lowest BCUT2D eigenvalue weighted by Crippen LogP contribution is -2.45. The predicted octanol–water partition coefficient (Wildman–Crippen LogP) is 2.28. The lowest BCUT2D eigenvalue weighted by molar-refractivity contribution is -0.213. The van der Waals surface area contributed by atoms with Gasteiger partial charge in [-0.3, -0.25) is 14.4 Å². The summed E-state index contributed by atoms with van der Waals surface area (Å²) in [6.45, 7) is 1.10. The minimum absolute atomic E-state index is 0.0809. The number of hydrogen-bond acceptors (Lipinski definition) is 5. The zero-order valence-corrected chi connectivity index (χ0v) is 17.2. The van der Waals surface area contributed by atoms with Crippen molar-refractivity contribution >= 4 is 29.7 Å². The fourth-order valence-electron chi connectivity index (χ4n) is 3.35. The fraction of sp³-hybridized carbons (Fsp3) is 0.318. The number of primary amides is 1. The molecule has 1 unspecified atom stereocenters. The molecule has 3 rings (SSSR count). The number of nitrogens with two attached hydrogens (primary N) is 1. The van der Waals surface area contributed by atoms with Gasteiger partial charge in [-0.15, -0.1) is 0 Å². The van der Waals surface area contributed by atoms with Crippen molar-refractivity contribution in [1.29, 1.82) is 0 Å². The summed E-state index contributed by atoms with van der Waals surface area (Å²) < 4.78 is 0. The van der Waals surface area contributed by atoms with Crippen molar-refractivity contribution in [2.45, 2.75) is 45.0 Å². The molecule has 30 heavy (non-hydrogen) atoms. The molecule has 8 heteroatoms. The zero-order chi connectivity index (χ0) is 21.5. The van der Waals surface area contributed by atoms with Gasteiger partial charge in [-0.1, -0.05) is 41.9 Å². The Kier molecular flexibility index (Phi) is 7.57. The maximum Gasteiger partial charge on any atom is 0.237 e. The standard InChI is InChI=1S/C22H24ClN3O4/c23-19-7-4-15(5-8-19)11-21(28)25-12-16-3-6-17-14-30-26(13-18(17)10-16)20(22(24)29)2-1-9-27/h3-10,20H,1-2,11-14H2,(H2,24,29)(H,25,28). The SMILES string of the molecule is NC(=O)C(CCC=O)N1Cc2cc(CNC(=O)Cc3ccc(Cl)cc3)ccc2CO1. The van der Waals surface area contributed by atoms with Crippen LogP contribution in [-0.4, -0.2) is 29.2 Å². The molecule has 0 radical (unpaired) electrons. The molecule has 0 spiro atoms. The third kappa shape index (κ3) is 5.89. The molecule has 3 N–H and O–H groups in total. The number of rotatable bonds is 9. The Balaban J connectivity index is 1.60. The highest BCUT2D eigenvalue weighted by atomic mass is 35.5. The van der Waals surface area contributed by atoms with Gasteiger partial charge in [0.05, 0.1) is 19.6 Å². The van der Waals surface area contributed by atoms with Gasteiger partial charge in [-0.2, -0.15) is 5.06 Å². The molecule has 1 heterocycles. The lowest BCUT2D eigenvalue weighted by atomic mass is 10.0. The van der Waals surface area contributed by atoms with Crippen LogP contribution in [0.15, 0.2) is 42.5 Å². The lowest BCUT2D eigenvalue weighted by Gasteiger charge is -2.33. The van der Waals surface area contributed by atoms with E-state index >= 15 is 0 Å². The number of fused-ring (bicyclic) bond motifs is 1. The van der Waals surface area contributed by atoms with E-state index in [0.717, 1.165) is 28.5 Å². The fourth-order valence-corrected chi connectivity index (χ4v) is 3.47. The quantitative estimate of drug-likeness (QED) is 0.595. The number of halogens is 1. The van der Waals surface area contributed by atoms with Gasteiger partial charge in [0, 0.05) is 18.0 Å². The minimum Gasteiger partial charge on any atom is -0.368 e. The molecule has 0 aromatic heterocycles. The molecule has 2 amide bonds. The van der Waals surface area contributed by atoms with Crippen LogP contribution in [0.2, 0.25) is 5.02 Å². The van der Waals surface area contributed by atoms with Crippen LogP contribution in [0.5, 0.6) is 0 Å². The summed E-state index contributed by atoms with van der Waals surface area (Å²) in [6.07, 6.45) is 1.59. The molecule has 1 aliphatic heterocycles. The largest absolute Gasteiger partial charge is 0.368 e. The molecule has 2 aromatic carbocycles. The topological polar surface area (TPSA) is 102 Å². The third-order valence-corrected chi connectivity index (χ3v) is 5.24. The first-order chi connectivity index (χ1) is 14.5. The molecule has 0 saturated heterocycles. The average Bonchev–Trinajstić information content (AvgIpc) is 2.73. The van der Waals surface area contributed by atoms with Gasteiger partial charge in [-0.25, -0.2) is 0 Å². The van der Waals surface area contributed by atoms with Crippen LogP contribution >= 0.6 is 11.6 Å². The van der Waals surface area contributed by atoms with Crippen molar-refractivity contribution in [3.8, 4) is 0 Å². The Bertz CT molecular complexity index is 917. The van der Waals surface area contributed by atoms with E-state index in [-0.39, 0.29) is 18.7 Å². The van der Waals surface area contributed by atoms with E-state index in [4.69, 9.17) is 22.2 Å². The van der Waals surface area contributed by atoms with Crippen molar-refractivity contribution in [3.63, 3.8) is 0 Å². The number of carbonyl (C=O) groups excluding carboxylic acids is 3. The maximum atomic E-state index is 12.2. The number of nitrogens with one attached hydrogen (secondary N) is 1. The second-order valence-corrected chi connectivity index (χ2v) is 7.63. The molecular weight excluding hydrogens is 406 g/mol. The third-order valence-electron chi connectivity index (χ3n) is 4.98. The van der Waals surface area contributed by atoms with Gasteiger partial charge in [-0.05, 0) is 40.8 Å². The highest BCUT2D eigenvalue weighted by molar-refractivity contribution is 6.30. The zero-order valence-electron chi connectivity index (χ0n) is 16.5. The summed E-state index contributed by atoms with van der Waals surface area (Å²) in [7, 11) is 0. The normalized spacial score (nSPS) is 14.6. The van der Waals surface area contributed by atoms with E-state index in [2.05, 4.69) is 5.32 Å². The first kappa shape index (κ1) is 22.0. The van der Waals surface area contributed by atoms with E-state index in [0.29, 0.717) is 31.1 Å². The highest BCUT2D eigenvalue weighted by Crippen LogP contribution is 2.24. The van der Waals surface area contributed by atoms with Gasteiger partial charge in [0.2, 0.25) is 11.8 Å². The Labute approximate surface area is 180 Å². The number of carbonyl (C=O) groups is 3. The van der Waals surface area contributed by atoms with E-state index in [9.17, 15) is 14.4 Å². The van der Waals surface area contributed by atoms with E-state index in [1.807, 2.05) is 30.3 Å². The van der Waals surface area contributed by atoms with Crippen LogP contribution in [0.25, 0.3) is 0 Å². The summed E-state index contributed by atoms with van der Waals surface area (Å²) in [5, 5.41) is 5.09. The van der Waals surface area contributed by atoms with Gasteiger partial charge in [0.25, 0.3) is 0 Å². The average molecular weight is 430 g/mol. The monoisotopic (exact) mass is 429 g/mol. The van der Waals surface area contributed by atoms with E-state index < -0.39 is 11.9 Å². The van der Waals surface area contributed by atoms with Gasteiger partial charge in [0.1, 0.15) is 12.3 Å². The molecular formula is C22H24ClN3O4. The van der Waals surface area contributed by atoms with Crippen molar-refractivity contribution in [3.05, 3.63) is 69.7 Å². The number of hydrogen-bond donors (Lipinski definition) is 2. The van der Waals surface area contributed by atoms with Crippen molar-refractivity contribution in [2.24, 2.45) is 5.73 Å². The van der Waals surface area contributed by atoms with Crippen molar-refractivity contribution in [2.75, 3.05) is 0 Å². The van der Waals surface area contributed by atoms with Crippen LogP contribution in [0, 0.1) is 0 Å². The Morgan fingerprint density at radius 2 is 1.90 bits per heavy atom. The molecule has 0 aliphatic carbocycles. The first-order valence-corrected chi connectivity index (χ1v) is 10.1. The maximum absolute atomic E-state index is 12.2. The molecule has 0 bridgehead atoms. The Morgan fingerprint density at radius 1 is 1.17 bits per heavy atom. The predicted molar refractivity (Wildman–Crippen MR) is 112 cm³/mol. The number of amides is 2. The molecule has 0 saturated carbocycles. The smallest absolute Gasteiger partial charge is 0.237 e. The number of hydroxylamine groups is 2. The summed E-state index contributed by atoms with van der Waals surface area (Å²) >= 11 is 5.87. The van der Waals surface area contributed by atoms with E-state index in [1.165, 1.54) is 5.06 Å². The van der Waals surface area contributed by atoms with Gasteiger partial charge >= 0.3 is 0 Å². The van der Waals surface area contributed by atoms with Crippen LogP contribution in [-0.2, 0) is 45.3 Å². The Morgan fingerprint density at radius 3 is 2.60 bits per heavy atom. The summed E-state index contributed by atoms with van der Waals surface area (Å²) in [5.74, 6) is -0.603. The minimum atomic E-state index is -0.661. The van der Waals surface area contributed by atoms with Gasteiger partial charge < -0.3 is 15.8 Å². The summed E-state index contributed by atoms with van der Waals surface area (Å²) in [5.41, 5.74) is 9.34. The highest BCUT2D eigenvalue weighted by Gasteiger charge is 2.28. The molecule has 0 fully saturated rings.